The molecule has 0 spiro atoms. The summed E-state index contributed by atoms with van der Waals surface area (Å²) in [7, 11) is 1.68. The van der Waals surface area contributed by atoms with Gasteiger partial charge in [-0.2, -0.15) is 5.26 Å². The maximum absolute atomic E-state index is 13.0. The first kappa shape index (κ1) is 21.5. The second kappa shape index (κ2) is 9.55. The Balaban J connectivity index is 1.74. The SMILES string of the molecule is COCC(C)n1c(C)cc(/C=C(\C#N)C(=O)N2CCN(c3ncccn3)CC2)c1C. The number of nitriles is 1. The summed E-state index contributed by atoms with van der Waals surface area (Å²) in [5, 5.41) is 9.66. The molecule has 0 radical (unpaired) electrons. The molecule has 1 amide bonds. The summed E-state index contributed by atoms with van der Waals surface area (Å²) in [5.74, 6) is 0.430. The van der Waals surface area contributed by atoms with Crippen molar-refractivity contribution in [3.63, 3.8) is 0 Å². The van der Waals surface area contributed by atoms with Crippen LogP contribution in [-0.4, -0.2) is 65.2 Å². The standard InChI is InChI=1S/C22H28N6O2/c1-16-12-19(18(3)28(16)17(2)15-30-4)13-20(14-23)21(29)26-8-10-27(11-9-26)22-24-6-5-7-25-22/h5-7,12-13,17H,8-11,15H2,1-4H3/b20-13+. The number of rotatable bonds is 6. The maximum Gasteiger partial charge on any atom is 0.264 e. The molecule has 8 heteroatoms. The van der Waals surface area contributed by atoms with Gasteiger partial charge < -0.3 is 19.1 Å². The van der Waals surface area contributed by atoms with E-state index in [4.69, 9.17) is 4.74 Å². The van der Waals surface area contributed by atoms with Gasteiger partial charge in [0.25, 0.3) is 5.91 Å². The fraction of sp³-hybridized carbons (Fsp3) is 0.455. The van der Waals surface area contributed by atoms with Crippen LogP contribution in [0.2, 0.25) is 0 Å². The lowest BCUT2D eigenvalue weighted by atomic mass is 10.1. The zero-order chi connectivity index (χ0) is 21.7. The van der Waals surface area contributed by atoms with Crippen molar-refractivity contribution >= 4 is 17.9 Å². The van der Waals surface area contributed by atoms with E-state index in [-0.39, 0.29) is 17.5 Å². The van der Waals surface area contributed by atoms with Crippen LogP contribution in [0.15, 0.2) is 30.1 Å². The van der Waals surface area contributed by atoms with E-state index in [1.165, 1.54) is 0 Å². The first-order valence-corrected chi connectivity index (χ1v) is 10.1. The summed E-state index contributed by atoms with van der Waals surface area (Å²) < 4.78 is 7.45. The number of hydrogen-bond acceptors (Lipinski definition) is 6. The first-order valence-electron chi connectivity index (χ1n) is 10.1. The van der Waals surface area contributed by atoms with Crippen molar-refractivity contribution in [2.24, 2.45) is 0 Å². The summed E-state index contributed by atoms with van der Waals surface area (Å²) in [6, 6.07) is 6.06. The fourth-order valence-corrected chi connectivity index (χ4v) is 3.97. The number of aromatic nitrogens is 3. The van der Waals surface area contributed by atoms with Gasteiger partial charge in [0.05, 0.1) is 12.6 Å². The molecule has 1 fully saturated rings. The molecular weight excluding hydrogens is 380 g/mol. The number of anilines is 1. The quantitative estimate of drug-likeness (QED) is 0.539. The molecule has 1 atom stereocenters. The normalized spacial score (nSPS) is 15.8. The van der Waals surface area contributed by atoms with Gasteiger partial charge in [0.15, 0.2) is 0 Å². The highest BCUT2D eigenvalue weighted by atomic mass is 16.5. The maximum atomic E-state index is 13.0. The van der Waals surface area contributed by atoms with E-state index < -0.39 is 0 Å². The van der Waals surface area contributed by atoms with Crippen LogP contribution >= 0.6 is 0 Å². The Labute approximate surface area is 177 Å². The molecule has 8 nitrogen and oxygen atoms in total. The number of ether oxygens (including phenoxy) is 1. The van der Waals surface area contributed by atoms with Crippen molar-refractivity contribution in [2.45, 2.75) is 26.8 Å². The van der Waals surface area contributed by atoms with Crippen LogP contribution in [0.1, 0.15) is 29.9 Å². The molecule has 0 aliphatic carbocycles. The highest BCUT2D eigenvalue weighted by Gasteiger charge is 2.25. The van der Waals surface area contributed by atoms with E-state index >= 15 is 0 Å². The molecule has 158 valence electrons. The number of carbonyl (C=O) groups excluding carboxylic acids is 1. The Hall–Kier alpha value is -3.18. The van der Waals surface area contributed by atoms with Gasteiger partial charge in [-0.3, -0.25) is 4.79 Å². The Bertz CT molecular complexity index is 952. The zero-order valence-corrected chi connectivity index (χ0v) is 18.0. The van der Waals surface area contributed by atoms with Crippen molar-refractivity contribution < 1.29 is 9.53 Å². The van der Waals surface area contributed by atoms with E-state index in [2.05, 4.69) is 27.5 Å². The summed E-state index contributed by atoms with van der Waals surface area (Å²) in [4.78, 5) is 25.3. The third-order valence-corrected chi connectivity index (χ3v) is 5.42. The lowest BCUT2D eigenvalue weighted by Gasteiger charge is -2.34. The molecule has 0 aromatic carbocycles. The minimum Gasteiger partial charge on any atom is -0.383 e. The molecule has 1 aliphatic heterocycles. The number of amides is 1. The number of piperazine rings is 1. The minimum atomic E-state index is -0.235. The Kier molecular flexibility index (Phi) is 6.85. The van der Waals surface area contributed by atoms with Crippen molar-refractivity contribution in [3.8, 4) is 6.07 Å². The van der Waals surface area contributed by atoms with Crippen LogP contribution < -0.4 is 4.90 Å². The number of aryl methyl sites for hydroxylation is 1. The average Bonchev–Trinajstić information content (AvgIpc) is 3.05. The van der Waals surface area contributed by atoms with E-state index in [0.717, 1.165) is 17.0 Å². The average molecular weight is 409 g/mol. The molecule has 1 saturated heterocycles. The molecule has 1 unspecified atom stereocenters. The molecule has 0 N–H and O–H groups in total. The smallest absolute Gasteiger partial charge is 0.264 e. The van der Waals surface area contributed by atoms with Gasteiger partial charge in [-0.25, -0.2) is 9.97 Å². The van der Waals surface area contributed by atoms with Crippen molar-refractivity contribution in [2.75, 3.05) is 44.8 Å². The largest absolute Gasteiger partial charge is 0.383 e. The molecule has 3 heterocycles. The van der Waals surface area contributed by atoms with Gasteiger partial charge in [-0.05, 0) is 44.5 Å². The van der Waals surface area contributed by atoms with E-state index in [0.29, 0.717) is 38.7 Å². The van der Waals surface area contributed by atoms with Crippen molar-refractivity contribution in [3.05, 3.63) is 47.1 Å². The number of carbonyl (C=O) groups is 1. The van der Waals surface area contributed by atoms with Crippen LogP contribution in [0.5, 0.6) is 0 Å². The summed E-state index contributed by atoms with van der Waals surface area (Å²) in [5.41, 5.74) is 3.13. The topological polar surface area (TPSA) is 87.3 Å². The molecule has 0 bridgehead atoms. The van der Waals surface area contributed by atoms with Crippen LogP contribution in [0.25, 0.3) is 6.08 Å². The number of hydrogen-bond donors (Lipinski definition) is 0. The zero-order valence-electron chi connectivity index (χ0n) is 18.0. The van der Waals surface area contributed by atoms with Gasteiger partial charge in [-0.15, -0.1) is 0 Å². The lowest BCUT2D eigenvalue weighted by Crippen LogP contribution is -2.49. The number of nitrogens with zero attached hydrogens (tertiary/aromatic N) is 6. The van der Waals surface area contributed by atoms with E-state index in [1.54, 1.807) is 36.5 Å². The summed E-state index contributed by atoms with van der Waals surface area (Å²) >= 11 is 0. The molecule has 2 aromatic rings. The molecule has 2 aromatic heterocycles. The molecular formula is C22H28N6O2. The summed E-state index contributed by atoms with van der Waals surface area (Å²) in [6.45, 7) is 9.04. The fourth-order valence-electron chi connectivity index (χ4n) is 3.97. The van der Waals surface area contributed by atoms with Gasteiger partial charge >= 0.3 is 0 Å². The predicted molar refractivity (Wildman–Crippen MR) is 115 cm³/mol. The second-order valence-electron chi connectivity index (χ2n) is 7.50. The third-order valence-electron chi connectivity index (χ3n) is 5.42. The Morgan fingerprint density at radius 3 is 2.53 bits per heavy atom. The van der Waals surface area contributed by atoms with Gasteiger partial charge in [0.1, 0.15) is 11.6 Å². The van der Waals surface area contributed by atoms with Crippen molar-refractivity contribution in [1.82, 2.24) is 19.4 Å². The van der Waals surface area contributed by atoms with E-state index in [1.807, 2.05) is 24.8 Å². The molecule has 0 saturated carbocycles. The summed E-state index contributed by atoms with van der Waals surface area (Å²) in [6.07, 6.45) is 5.12. The third kappa shape index (κ3) is 4.52. The highest BCUT2D eigenvalue weighted by Crippen LogP contribution is 2.23. The van der Waals surface area contributed by atoms with Crippen LogP contribution in [0, 0.1) is 25.2 Å². The predicted octanol–water partition coefficient (Wildman–Crippen LogP) is 2.36. The second-order valence-corrected chi connectivity index (χ2v) is 7.50. The van der Waals surface area contributed by atoms with Crippen LogP contribution in [-0.2, 0) is 9.53 Å². The monoisotopic (exact) mass is 408 g/mol. The van der Waals surface area contributed by atoms with Crippen LogP contribution in [0.4, 0.5) is 5.95 Å². The minimum absolute atomic E-state index is 0.152. The lowest BCUT2D eigenvalue weighted by molar-refractivity contribution is -0.126. The van der Waals surface area contributed by atoms with Gasteiger partial charge in [0.2, 0.25) is 5.95 Å². The highest BCUT2D eigenvalue weighted by molar-refractivity contribution is 6.02. The van der Waals surface area contributed by atoms with Gasteiger partial charge in [-0.1, -0.05) is 0 Å². The molecule has 30 heavy (non-hydrogen) atoms. The Morgan fingerprint density at radius 2 is 1.93 bits per heavy atom. The van der Waals surface area contributed by atoms with Gasteiger partial charge in [0, 0.05) is 57.1 Å². The van der Waals surface area contributed by atoms with E-state index in [9.17, 15) is 10.1 Å². The first-order chi connectivity index (χ1) is 14.5. The molecule has 1 aliphatic rings. The van der Waals surface area contributed by atoms with Crippen molar-refractivity contribution in [1.29, 1.82) is 5.26 Å². The number of methoxy groups -OCH3 is 1. The van der Waals surface area contributed by atoms with Crippen LogP contribution in [0.3, 0.4) is 0 Å². The Morgan fingerprint density at radius 1 is 1.27 bits per heavy atom. The molecule has 3 rings (SSSR count).